The first kappa shape index (κ1) is 18.6. The first-order valence-corrected chi connectivity index (χ1v) is 8.35. The first-order valence-electron chi connectivity index (χ1n) is 8.35. The third-order valence-electron chi connectivity index (χ3n) is 3.65. The second-order valence-corrected chi connectivity index (χ2v) is 6.05. The van der Waals surface area contributed by atoms with Crippen molar-refractivity contribution in [3.63, 3.8) is 0 Å². The Morgan fingerprint density at radius 1 is 1.20 bits per heavy atom. The van der Waals surface area contributed by atoms with Gasteiger partial charge < -0.3 is 20.0 Å². The zero-order valence-electron chi connectivity index (χ0n) is 15.1. The van der Waals surface area contributed by atoms with Gasteiger partial charge in [-0.2, -0.15) is 0 Å². The number of hydrogen-bond donors (Lipinski definition) is 2. The largest absolute Gasteiger partial charge is 0.469 e. The summed E-state index contributed by atoms with van der Waals surface area (Å²) in [5.41, 5.74) is 2.34. The molecule has 0 radical (unpaired) electrons. The van der Waals surface area contributed by atoms with Crippen LogP contribution in [0, 0.1) is 6.92 Å². The Hall–Kier alpha value is -2.76. The number of hydrogen-bond acceptors (Lipinski definition) is 3. The molecule has 0 spiro atoms. The van der Waals surface area contributed by atoms with E-state index >= 15 is 0 Å². The number of carbonyl (C=O) groups is 1. The molecule has 0 aliphatic carbocycles. The second-order valence-electron chi connectivity index (χ2n) is 6.05. The van der Waals surface area contributed by atoms with Crippen molar-refractivity contribution in [2.75, 3.05) is 27.2 Å². The number of aliphatic imine (C=N–C) groups is 1. The fraction of sp³-hybridized carbons (Fsp3) is 0.368. The molecule has 0 unspecified atom stereocenters. The molecule has 1 aromatic carbocycles. The summed E-state index contributed by atoms with van der Waals surface area (Å²) in [7, 11) is 3.47. The SMILES string of the molecule is Cc1cccc(CN=C(NCCc2ccco2)NCC(=O)N(C)C)c1. The van der Waals surface area contributed by atoms with Gasteiger partial charge >= 0.3 is 0 Å². The Morgan fingerprint density at radius 3 is 2.72 bits per heavy atom. The van der Waals surface area contributed by atoms with E-state index in [1.807, 2.05) is 24.3 Å². The van der Waals surface area contributed by atoms with Gasteiger partial charge in [0.05, 0.1) is 19.4 Å². The van der Waals surface area contributed by atoms with Gasteiger partial charge in [-0.15, -0.1) is 0 Å². The highest BCUT2D eigenvalue weighted by molar-refractivity contribution is 5.86. The molecule has 2 rings (SSSR count). The third kappa shape index (κ3) is 6.71. The van der Waals surface area contributed by atoms with Crippen LogP contribution in [-0.4, -0.2) is 44.0 Å². The van der Waals surface area contributed by atoms with Crippen molar-refractivity contribution in [1.29, 1.82) is 0 Å². The predicted octanol–water partition coefficient (Wildman–Crippen LogP) is 1.95. The highest BCUT2D eigenvalue weighted by atomic mass is 16.3. The number of rotatable bonds is 7. The Labute approximate surface area is 148 Å². The predicted molar refractivity (Wildman–Crippen MR) is 99.4 cm³/mol. The molecule has 0 aliphatic rings. The number of carbonyl (C=O) groups excluding carboxylic acids is 1. The molecule has 1 heterocycles. The van der Waals surface area contributed by atoms with Crippen molar-refractivity contribution >= 4 is 11.9 Å². The molecule has 0 bridgehead atoms. The highest BCUT2D eigenvalue weighted by Gasteiger charge is 2.06. The lowest BCUT2D eigenvalue weighted by Gasteiger charge is -2.15. The monoisotopic (exact) mass is 342 g/mol. The maximum Gasteiger partial charge on any atom is 0.241 e. The van der Waals surface area contributed by atoms with Gasteiger partial charge in [-0.3, -0.25) is 4.79 Å². The number of nitrogens with one attached hydrogen (secondary N) is 2. The Kier molecular flexibility index (Phi) is 7.07. The van der Waals surface area contributed by atoms with Crippen LogP contribution in [0.5, 0.6) is 0 Å². The van der Waals surface area contributed by atoms with Crippen LogP contribution < -0.4 is 10.6 Å². The third-order valence-corrected chi connectivity index (χ3v) is 3.65. The molecule has 2 aromatic rings. The van der Waals surface area contributed by atoms with Crippen LogP contribution in [0.1, 0.15) is 16.9 Å². The lowest BCUT2D eigenvalue weighted by molar-refractivity contribution is -0.127. The zero-order valence-corrected chi connectivity index (χ0v) is 15.1. The number of furan rings is 1. The minimum atomic E-state index is -0.00362. The quantitative estimate of drug-likeness (QED) is 0.596. The number of aryl methyl sites for hydroxylation is 1. The number of likely N-dealkylation sites (N-methyl/N-ethyl adjacent to an activating group) is 1. The van der Waals surface area contributed by atoms with Gasteiger partial charge in [0, 0.05) is 27.1 Å². The van der Waals surface area contributed by atoms with E-state index < -0.39 is 0 Å². The normalized spacial score (nSPS) is 11.2. The van der Waals surface area contributed by atoms with Crippen molar-refractivity contribution in [3.8, 4) is 0 Å². The molecular weight excluding hydrogens is 316 g/mol. The van der Waals surface area contributed by atoms with Gasteiger partial charge in [-0.1, -0.05) is 29.8 Å². The van der Waals surface area contributed by atoms with Gasteiger partial charge in [0.15, 0.2) is 5.96 Å². The van der Waals surface area contributed by atoms with Crippen molar-refractivity contribution in [3.05, 3.63) is 59.5 Å². The molecule has 1 aromatic heterocycles. The highest BCUT2D eigenvalue weighted by Crippen LogP contribution is 2.05. The van der Waals surface area contributed by atoms with E-state index in [4.69, 9.17) is 4.42 Å². The minimum absolute atomic E-state index is 0.00362. The second kappa shape index (κ2) is 9.52. The number of amides is 1. The fourth-order valence-electron chi connectivity index (χ4n) is 2.23. The molecule has 0 aliphatic heterocycles. The summed E-state index contributed by atoms with van der Waals surface area (Å²) < 4.78 is 5.33. The van der Waals surface area contributed by atoms with Crippen molar-refractivity contribution in [2.24, 2.45) is 4.99 Å². The van der Waals surface area contributed by atoms with E-state index in [9.17, 15) is 4.79 Å². The van der Waals surface area contributed by atoms with Crippen LogP contribution in [0.4, 0.5) is 0 Å². The number of nitrogens with zero attached hydrogens (tertiary/aromatic N) is 2. The molecule has 0 atom stereocenters. The van der Waals surface area contributed by atoms with Crippen LogP contribution in [0.2, 0.25) is 0 Å². The molecule has 134 valence electrons. The number of benzene rings is 1. The van der Waals surface area contributed by atoms with E-state index in [2.05, 4.69) is 34.7 Å². The van der Waals surface area contributed by atoms with E-state index in [0.717, 1.165) is 17.7 Å². The summed E-state index contributed by atoms with van der Waals surface area (Å²) in [5, 5.41) is 6.33. The Morgan fingerprint density at radius 2 is 2.04 bits per heavy atom. The summed E-state index contributed by atoms with van der Waals surface area (Å²) in [6, 6.07) is 12.0. The molecule has 25 heavy (non-hydrogen) atoms. The van der Waals surface area contributed by atoms with Crippen LogP contribution in [0.25, 0.3) is 0 Å². The van der Waals surface area contributed by atoms with Gasteiger partial charge in [-0.25, -0.2) is 4.99 Å². The average molecular weight is 342 g/mol. The molecule has 0 saturated carbocycles. The van der Waals surface area contributed by atoms with Crippen molar-refractivity contribution < 1.29 is 9.21 Å². The van der Waals surface area contributed by atoms with Gasteiger partial charge in [0.25, 0.3) is 0 Å². The fourth-order valence-corrected chi connectivity index (χ4v) is 2.23. The number of guanidine groups is 1. The lowest BCUT2D eigenvalue weighted by atomic mass is 10.1. The molecule has 0 saturated heterocycles. The lowest BCUT2D eigenvalue weighted by Crippen LogP contribution is -2.43. The molecule has 6 nitrogen and oxygen atoms in total. The van der Waals surface area contributed by atoms with Crippen LogP contribution in [0.3, 0.4) is 0 Å². The summed E-state index contributed by atoms with van der Waals surface area (Å²) in [6.45, 7) is 3.48. The van der Waals surface area contributed by atoms with E-state index in [0.29, 0.717) is 19.0 Å². The summed E-state index contributed by atoms with van der Waals surface area (Å²) in [5.74, 6) is 1.52. The first-order chi connectivity index (χ1) is 12.0. The summed E-state index contributed by atoms with van der Waals surface area (Å²) in [4.78, 5) is 17.9. The zero-order chi connectivity index (χ0) is 18.1. The van der Waals surface area contributed by atoms with Crippen molar-refractivity contribution in [1.82, 2.24) is 15.5 Å². The molecule has 2 N–H and O–H groups in total. The molecule has 6 heteroatoms. The molecule has 1 amide bonds. The minimum Gasteiger partial charge on any atom is -0.469 e. The van der Waals surface area contributed by atoms with E-state index in [-0.39, 0.29) is 12.5 Å². The topological polar surface area (TPSA) is 69.9 Å². The van der Waals surface area contributed by atoms with E-state index in [1.165, 1.54) is 5.56 Å². The maximum atomic E-state index is 11.8. The van der Waals surface area contributed by atoms with E-state index in [1.54, 1.807) is 25.3 Å². The van der Waals surface area contributed by atoms with Gasteiger partial charge in [0.1, 0.15) is 5.76 Å². The maximum absolute atomic E-state index is 11.8. The standard InChI is InChI=1S/C19H26N4O2/c1-15-6-4-7-16(12-15)13-21-19(22-14-18(24)23(2)3)20-10-9-17-8-5-11-25-17/h4-8,11-12H,9-10,13-14H2,1-3H3,(H2,20,21,22). The molecular formula is C19H26N4O2. The smallest absolute Gasteiger partial charge is 0.241 e. The summed E-state index contributed by atoms with van der Waals surface area (Å²) in [6.07, 6.45) is 2.41. The molecule has 0 fully saturated rings. The van der Waals surface area contributed by atoms with Gasteiger partial charge in [0.2, 0.25) is 5.91 Å². The van der Waals surface area contributed by atoms with Crippen molar-refractivity contribution in [2.45, 2.75) is 19.9 Å². The Balaban J connectivity index is 1.94. The average Bonchev–Trinajstić information content (AvgIpc) is 3.09. The Bertz CT molecular complexity index is 693. The van der Waals surface area contributed by atoms with Crippen LogP contribution >= 0.6 is 0 Å². The van der Waals surface area contributed by atoms with Gasteiger partial charge in [-0.05, 0) is 24.6 Å². The van der Waals surface area contributed by atoms with Crippen LogP contribution in [-0.2, 0) is 17.8 Å². The summed E-state index contributed by atoms with van der Waals surface area (Å²) >= 11 is 0. The van der Waals surface area contributed by atoms with Crippen LogP contribution in [0.15, 0.2) is 52.1 Å².